The zero-order chi connectivity index (χ0) is 25.8. The molecule has 0 aliphatic heterocycles. The molecule has 2 aromatic heterocycles. The summed E-state index contributed by atoms with van der Waals surface area (Å²) in [5.74, 6) is -1.20. The number of pyridine rings is 2. The van der Waals surface area contributed by atoms with E-state index in [1.54, 1.807) is 12.4 Å². The Kier molecular flexibility index (Phi) is 7.79. The predicted molar refractivity (Wildman–Crippen MR) is 136 cm³/mol. The molecule has 190 valence electrons. The molecule has 7 nitrogen and oxygen atoms in total. The molecule has 0 unspecified atom stereocenters. The number of amides is 1. The molecule has 36 heavy (non-hydrogen) atoms. The van der Waals surface area contributed by atoms with Crippen molar-refractivity contribution in [1.29, 1.82) is 0 Å². The fraction of sp³-hybridized carbons (Fsp3) is 0.370. The summed E-state index contributed by atoms with van der Waals surface area (Å²) in [6, 6.07) is 6.91. The van der Waals surface area contributed by atoms with Gasteiger partial charge in [-0.15, -0.1) is 0 Å². The Bertz CT molecular complexity index is 1250. The van der Waals surface area contributed by atoms with Gasteiger partial charge in [-0.05, 0) is 67.3 Å². The summed E-state index contributed by atoms with van der Waals surface area (Å²) in [4.78, 5) is 21.5. The molecule has 4 rings (SSSR count). The van der Waals surface area contributed by atoms with Crippen LogP contribution >= 0.6 is 0 Å². The van der Waals surface area contributed by atoms with Gasteiger partial charge in [-0.3, -0.25) is 9.78 Å². The van der Waals surface area contributed by atoms with E-state index in [1.165, 1.54) is 18.2 Å². The standard InChI is InChI=1S/C27H31F2N5O2/c1-3-10-36-17-6-7-20(28)19(12-17)25-21(29)13-23(31)26(34-25)27(35)33-24-14-32-9-8-18(24)16-5-4-15(2)22(30)11-16/h6-9,12-16,22H,3-5,10-11,30-31H2,1-2H3,(H,33,35)/t15-,16+,22+/m0/s1. The molecule has 1 aliphatic carbocycles. The Balaban J connectivity index is 1.64. The largest absolute Gasteiger partial charge is 0.494 e. The number of nitrogens with one attached hydrogen (secondary N) is 1. The SMILES string of the molecule is CCCOc1ccc(F)c(-c2nc(C(=O)Nc3cnccc3[C@@H]3CC[C@H](C)[C@H](N)C3)c(N)cc2F)c1. The maximum absolute atomic E-state index is 14.8. The zero-order valence-corrected chi connectivity index (χ0v) is 20.4. The maximum Gasteiger partial charge on any atom is 0.276 e. The number of nitrogen functional groups attached to an aromatic ring is 1. The number of nitrogens with two attached hydrogens (primary N) is 2. The van der Waals surface area contributed by atoms with E-state index < -0.39 is 17.5 Å². The molecule has 1 saturated carbocycles. The van der Waals surface area contributed by atoms with Crippen LogP contribution in [0.3, 0.4) is 0 Å². The lowest BCUT2D eigenvalue weighted by Crippen LogP contribution is -2.34. The van der Waals surface area contributed by atoms with Crippen molar-refractivity contribution in [3.63, 3.8) is 0 Å². The first kappa shape index (κ1) is 25.5. The van der Waals surface area contributed by atoms with Gasteiger partial charge in [-0.2, -0.15) is 0 Å². The van der Waals surface area contributed by atoms with Crippen molar-refractivity contribution in [3.8, 4) is 17.0 Å². The number of carbonyl (C=O) groups is 1. The number of aromatic nitrogens is 2. The van der Waals surface area contributed by atoms with Crippen LogP contribution in [0.5, 0.6) is 5.75 Å². The third kappa shape index (κ3) is 5.46. The topological polar surface area (TPSA) is 116 Å². The number of nitrogens with zero attached hydrogens (tertiary/aromatic N) is 2. The summed E-state index contributed by atoms with van der Waals surface area (Å²) in [6.07, 6.45) is 6.72. The molecule has 1 aromatic carbocycles. The van der Waals surface area contributed by atoms with Crippen LogP contribution in [0.25, 0.3) is 11.3 Å². The van der Waals surface area contributed by atoms with Gasteiger partial charge in [0.15, 0.2) is 11.5 Å². The summed E-state index contributed by atoms with van der Waals surface area (Å²) in [6.45, 7) is 4.51. The molecule has 1 fully saturated rings. The molecule has 9 heteroatoms. The smallest absolute Gasteiger partial charge is 0.276 e. The minimum absolute atomic E-state index is 0.0735. The monoisotopic (exact) mass is 495 g/mol. The van der Waals surface area contributed by atoms with Gasteiger partial charge in [0, 0.05) is 23.9 Å². The molecule has 5 N–H and O–H groups in total. The van der Waals surface area contributed by atoms with Crippen molar-refractivity contribution in [3.05, 3.63) is 65.6 Å². The van der Waals surface area contributed by atoms with Gasteiger partial charge in [-0.25, -0.2) is 13.8 Å². The third-order valence-corrected chi connectivity index (χ3v) is 6.69. The number of ether oxygens (including phenoxy) is 1. The van der Waals surface area contributed by atoms with Gasteiger partial charge in [0.2, 0.25) is 0 Å². The second-order valence-corrected chi connectivity index (χ2v) is 9.31. The van der Waals surface area contributed by atoms with Gasteiger partial charge in [0.1, 0.15) is 17.3 Å². The summed E-state index contributed by atoms with van der Waals surface area (Å²) in [5.41, 5.74) is 12.9. The Morgan fingerprint density at radius 2 is 2.00 bits per heavy atom. The quantitative estimate of drug-likeness (QED) is 0.411. The van der Waals surface area contributed by atoms with Crippen molar-refractivity contribution < 1.29 is 18.3 Å². The van der Waals surface area contributed by atoms with Crippen LogP contribution in [-0.4, -0.2) is 28.5 Å². The highest BCUT2D eigenvalue weighted by molar-refractivity contribution is 6.07. The fourth-order valence-corrected chi connectivity index (χ4v) is 4.56. The number of anilines is 2. The van der Waals surface area contributed by atoms with Crippen molar-refractivity contribution in [2.75, 3.05) is 17.7 Å². The second kappa shape index (κ2) is 11.0. The lowest BCUT2D eigenvalue weighted by molar-refractivity contribution is 0.102. The molecule has 3 aromatic rings. The van der Waals surface area contributed by atoms with E-state index in [9.17, 15) is 13.6 Å². The average Bonchev–Trinajstić information content (AvgIpc) is 2.86. The zero-order valence-electron chi connectivity index (χ0n) is 20.4. The minimum Gasteiger partial charge on any atom is -0.494 e. The first-order chi connectivity index (χ1) is 17.3. The molecule has 2 heterocycles. The van der Waals surface area contributed by atoms with Gasteiger partial charge in [-0.1, -0.05) is 13.8 Å². The van der Waals surface area contributed by atoms with Crippen LogP contribution in [0.1, 0.15) is 61.5 Å². The molecule has 1 amide bonds. The first-order valence-electron chi connectivity index (χ1n) is 12.2. The number of hydrogen-bond donors (Lipinski definition) is 3. The number of carbonyl (C=O) groups excluding carboxylic acids is 1. The van der Waals surface area contributed by atoms with Crippen molar-refractivity contribution in [2.24, 2.45) is 11.7 Å². The lowest BCUT2D eigenvalue weighted by atomic mass is 9.76. The van der Waals surface area contributed by atoms with E-state index in [4.69, 9.17) is 16.2 Å². The van der Waals surface area contributed by atoms with Crippen LogP contribution in [0.15, 0.2) is 42.7 Å². The van der Waals surface area contributed by atoms with Gasteiger partial charge in [0.25, 0.3) is 5.91 Å². The van der Waals surface area contributed by atoms with E-state index in [0.717, 1.165) is 37.3 Å². The van der Waals surface area contributed by atoms with Gasteiger partial charge >= 0.3 is 0 Å². The summed E-state index contributed by atoms with van der Waals surface area (Å²) in [7, 11) is 0. The molecule has 3 atom stereocenters. The molecule has 1 aliphatic rings. The van der Waals surface area contributed by atoms with E-state index in [1.807, 2.05) is 13.0 Å². The Labute approximate surface area is 209 Å². The average molecular weight is 496 g/mol. The van der Waals surface area contributed by atoms with Crippen molar-refractivity contribution >= 4 is 17.3 Å². The first-order valence-corrected chi connectivity index (χ1v) is 12.2. The predicted octanol–water partition coefficient (Wildman–Crippen LogP) is 5.28. The Hall–Kier alpha value is -3.59. The van der Waals surface area contributed by atoms with E-state index in [0.29, 0.717) is 24.0 Å². The van der Waals surface area contributed by atoms with E-state index >= 15 is 0 Å². The van der Waals surface area contributed by atoms with Gasteiger partial charge in [0.05, 0.1) is 24.2 Å². The third-order valence-electron chi connectivity index (χ3n) is 6.69. The molecule has 0 radical (unpaired) electrons. The Morgan fingerprint density at radius 3 is 2.75 bits per heavy atom. The maximum atomic E-state index is 14.8. The summed E-state index contributed by atoms with van der Waals surface area (Å²) in [5, 5.41) is 2.82. The fourth-order valence-electron chi connectivity index (χ4n) is 4.56. The highest BCUT2D eigenvalue weighted by atomic mass is 19.1. The molecular formula is C27H31F2N5O2. The van der Waals surface area contributed by atoms with E-state index in [2.05, 4.69) is 22.2 Å². The Morgan fingerprint density at radius 1 is 1.19 bits per heavy atom. The highest BCUT2D eigenvalue weighted by Crippen LogP contribution is 2.38. The minimum atomic E-state index is -0.844. The molecular weight excluding hydrogens is 464 g/mol. The normalized spacial score (nSPS) is 19.6. The van der Waals surface area contributed by atoms with Crippen molar-refractivity contribution in [1.82, 2.24) is 9.97 Å². The number of halogens is 2. The van der Waals surface area contributed by atoms with Crippen LogP contribution in [0.4, 0.5) is 20.2 Å². The number of benzene rings is 1. The second-order valence-electron chi connectivity index (χ2n) is 9.31. The summed E-state index contributed by atoms with van der Waals surface area (Å²) < 4.78 is 35.0. The van der Waals surface area contributed by atoms with Gasteiger partial charge < -0.3 is 21.5 Å². The molecule has 0 saturated heterocycles. The van der Waals surface area contributed by atoms with Crippen LogP contribution in [-0.2, 0) is 0 Å². The lowest BCUT2D eigenvalue weighted by Gasteiger charge is -2.32. The van der Waals surface area contributed by atoms with Crippen molar-refractivity contribution in [2.45, 2.75) is 51.5 Å². The van der Waals surface area contributed by atoms with Crippen LogP contribution < -0.4 is 21.5 Å². The number of rotatable bonds is 7. The van der Waals surface area contributed by atoms with E-state index in [-0.39, 0.29) is 34.6 Å². The highest BCUT2D eigenvalue weighted by Gasteiger charge is 2.28. The number of hydrogen-bond acceptors (Lipinski definition) is 6. The van der Waals surface area contributed by atoms with Crippen LogP contribution in [0, 0.1) is 17.6 Å². The molecule has 0 spiro atoms. The summed E-state index contributed by atoms with van der Waals surface area (Å²) >= 11 is 0. The van der Waals surface area contributed by atoms with Crippen LogP contribution in [0.2, 0.25) is 0 Å². The molecule has 0 bridgehead atoms.